The number of halogens is 2. The van der Waals surface area contributed by atoms with E-state index >= 15 is 0 Å². The highest BCUT2D eigenvalue weighted by atomic mass is 19.3. The normalized spacial score (nSPS) is 11.6. The monoisotopic (exact) mass is 413 g/mol. The Kier molecular flexibility index (Phi) is 5.71. The molecule has 0 spiro atoms. The number of nitrogens with zero attached hydrogens (tertiary/aromatic N) is 3. The summed E-state index contributed by atoms with van der Waals surface area (Å²) in [6.45, 7) is 3.84. The van der Waals surface area contributed by atoms with Gasteiger partial charge in [-0.25, -0.2) is 18.7 Å². The molecule has 0 fully saturated rings. The average Bonchev–Trinajstić information content (AvgIpc) is 3.32. The van der Waals surface area contributed by atoms with Gasteiger partial charge >= 0.3 is 0 Å². The molecule has 30 heavy (non-hydrogen) atoms. The van der Waals surface area contributed by atoms with Crippen LogP contribution >= 0.6 is 0 Å². The van der Waals surface area contributed by atoms with E-state index in [1.54, 1.807) is 6.07 Å². The van der Waals surface area contributed by atoms with Crippen molar-refractivity contribution in [3.05, 3.63) is 53.9 Å². The van der Waals surface area contributed by atoms with Crippen molar-refractivity contribution in [2.75, 3.05) is 18.5 Å². The van der Waals surface area contributed by atoms with E-state index in [9.17, 15) is 13.6 Å². The molecule has 0 radical (unpaired) electrons. The van der Waals surface area contributed by atoms with Gasteiger partial charge in [0.05, 0.1) is 22.1 Å². The molecule has 0 saturated heterocycles. The molecule has 0 unspecified atom stereocenters. The number of aromatic nitrogens is 4. The molecule has 4 rings (SSSR count). The fourth-order valence-electron chi connectivity index (χ4n) is 3.31. The number of para-hydroxylation sites is 2. The Bertz CT molecular complexity index is 1180. The Hall–Kier alpha value is -3.33. The number of alkyl halides is 2. The lowest BCUT2D eigenvalue weighted by atomic mass is 10.2. The summed E-state index contributed by atoms with van der Waals surface area (Å²) in [5, 5.41) is 2.84. The van der Waals surface area contributed by atoms with Gasteiger partial charge in [-0.2, -0.15) is 0 Å². The summed E-state index contributed by atoms with van der Waals surface area (Å²) >= 11 is 0. The number of carbonyl (C=O) groups is 1. The van der Waals surface area contributed by atoms with Gasteiger partial charge in [-0.15, -0.1) is 0 Å². The van der Waals surface area contributed by atoms with Crippen molar-refractivity contribution in [2.24, 2.45) is 0 Å². The summed E-state index contributed by atoms with van der Waals surface area (Å²) in [5.74, 6) is -0.374. The highest BCUT2D eigenvalue weighted by Gasteiger charge is 2.17. The number of hydrogen-bond donors (Lipinski definition) is 2. The van der Waals surface area contributed by atoms with Gasteiger partial charge in [0.25, 0.3) is 12.3 Å². The molecule has 0 aliphatic rings. The maximum absolute atomic E-state index is 12.9. The number of ether oxygens (including phenoxy) is 1. The topological polar surface area (TPSA) is 84.8 Å². The fraction of sp³-hybridized carbons (Fsp3) is 0.286. The predicted octanol–water partition coefficient (Wildman–Crippen LogP) is 4.53. The number of benzene rings is 2. The van der Waals surface area contributed by atoms with Crippen LogP contribution < -0.4 is 5.32 Å². The van der Waals surface area contributed by atoms with Gasteiger partial charge in [0.1, 0.15) is 0 Å². The molecule has 156 valence electrons. The smallest absolute Gasteiger partial charge is 0.295 e. The molecule has 0 saturated carbocycles. The SMILES string of the molecule is CCOCCCn1c(NC(=O)c2ccc3nc(C(F)F)[nH]c3c2)nc2ccccc21. The van der Waals surface area contributed by atoms with Crippen molar-refractivity contribution >= 4 is 33.9 Å². The summed E-state index contributed by atoms with van der Waals surface area (Å²) in [6.07, 6.45) is -1.93. The highest BCUT2D eigenvalue weighted by molar-refractivity contribution is 6.05. The number of fused-ring (bicyclic) bond motifs is 2. The van der Waals surface area contributed by atoms with Gasteiger partial charge in [0.2, 0.25) is 5.95 Å². The highest BCUT2D eigenvalue weighted by Crippen LogP contribution is 2.23. The van der Waals surface area contributed by atoms with Crippen LogP contribution in [0.5, 0.6) is 0 Å². The number of aromatic amines is 1. The largest absolute Gasteiger partial charge is 0.382 e. The number of anilines is 1. The molecule has 2 aromatic heterocycles. The van der Waals surface area contributed by atoms with Crippen LogP contribution in [0, 0.1) is 0 Å². The van der Waals surface area contributed by atoms with Gasteiger partial charge < -0.3 is 14.3 Å². The molecule has 9 heteroatoms. The third-order valence-electron chi connectivity index (χ3n) is 4.72. The summed E-state index contributed by atoms with van der Waals surface area (Å²) in [4.78, 5) is 23.7. The van der Waals surface area contributed by atoms with Crippen LogP contribution in [0.15, 0.2) is 42.5 Å². The molecule has 7 nitrogen and oxygen atoms in total. The van der Waals surface area contributed by atoms with E-state index in [2.05, 4.69) is 20.3 Å². The molecule has 0 bridgehead atoms. The first-order chi connectivity index (χ1) is 14.6. The van der Waals surface area contributed by atoms with Crippen LogP contribution in [0.4, 0.5) is 14.7 Å². The van der Waals surface area contributed by atoms with E-state index < -0.39 is 12.2 Å². The first kappa shape index (κ1) is 20.0. The van der Waals surface area contributed by atoms with Crippen LogP contribution in [-0.4, -0.2) is 38.6 Å². The Labute approximate surface area is 171 Å². The quantitative estimate of drug-likeness (QED) is 0.416. The summed E-state index contributed by atoms with van der Waals surface area (Å²) in [6, 6.07) is 12.2. The number of aryl methyl sites for hydroxylation is 1. The molecular formula is C21H21F2N5O2. The third-order valence-corrected chi connectivity index (χ3v) is 4.72. The second-order valence-electron chi connectivity index (χ2n) is 6.74. The number of rotatable bonds is 8. The van der Waals surface area contributed by atoms with Crippen molar-refractivity contribution < 1.29 is 18.3 Å². The number of carbonyl (C=O) groups excluding carboxylic acids is 1. The van der Waals surface area contributed by atoms with Crippen molar-refractivity contribution in [1.29, 1.82) is 0 Å². The van der Waals surface area contributed by atoms with Crippen molar-refractivity contribution in [3.8, 4) is 0 Å². The Morgan fingerprint density at radius 3 is 2.83 bits per heavy atom. The summed E-state index contributed by atoms with van der Waals surface area (Å²) < 4.78 is 33.1. The number of nitrogens with one attached hydrogen (secondary N) is 2. The standard InChI is InChI=1S/C21H21F2N5O2/c1-2-30-11-5-10-28-17-7-4-3-6-15(17)26-21(28)27-20(29)13-8-9-14-16(12-13)25-19(24-14)18(22)23/h3-4,6-9,12,18H,2,5,10-11H2,1H3,(H,24,25)(H,26,27,29). The molecule has 2 heterocycles. The van der Waals surface area contributed by atoms with E-state index in [1.165, 1.54) is 12.1 Å². The first-order valence-corrected chi connectivity index (χ1v) is 9.69. The molecule has 0 aliphatic carbocycles. The number of amides is 1. The summed E-state index contributed by atoms with van der Waals surface area (Å²) in [5.41, 5.74) is 2.76. The molecule has 0 aliphatic heterocycles. The van der Waals surface area contributed by atoms with Crippen LogP contribution in [0.3, 0.4) is 0 Å². The van der Waals surface area contributed by atoms with Gasteiger partial charge in [0.15, 0.2) is 5.82 Å². The molecule has 1 amide bonds. The van der Waals surface area contributed by atoms with Crippen LogP contribution in [0.25, 0.3) is 22.1 Å². The summed E-state index contributed by atoms with van der Waals surface area (Å²) in [7, 11) is 0. The Morgan fingerprint density at radius 2 is 2.03 bits per heavy atom. The molecule has 4 aromatic rings. The zero-order chi connectivity index (χ0) is 21.1. The first-order valence-electron chi connectivity index (χ1n) is 9.69. The second-order valence-corrected chi connectivity index (χ2v) is 6.74. The molecule has 2 aromatic carbocycles. The average molecular weight is 413 g/mol. The van der Waals surface area contributed by atoms with E-state index in [0.29, 0.717) is 42.3 Å². The third kappa shape index (κ3) is 4.02. The van der Waals surface area contributed by atoms with E-state index in [-0.39, 0.29) is 5.91 Å². The number of imidazole rings is 2. The van der Waals surface area contributed by atoms with E-state index in [4.69, 9.17) is 4.74 Å². The maximum Gasteiger partial charge on any atom is 0.295 e. The molecule has 0 atom stereocenters. The van der Waals surface area contributed by atoms with E-state index in [0.717, 1.165) is 17.5 Å². The molecular weight excluding hydrogens is 392 g/mol. The minimum atomic E-state index is -2.70. The zero-order valence-electron chi connectivity index (χ0n) is 16.4. The predicted molar refractivity (Wildman–Crippen MR) is 110 cm³/mol. The van der Waals surface area contributed by atoms with Gasteiger partial charge in [0, 0.05) is 25.3 Å². The van der Waals surface area contributed by atoms with Crippen LogP contribution in [0.1, 0.15) is 36.0 Å². The lowest BCUT2D eigenvalue weighted by Gasteiger charge is -2.10. The van der Waals surface area contributed by atoms with Crippen molar-refractivity contribution in [1.82, 2.24) is 19.5 Å². The van der Waals surface area contributed by atoms with Gasteiger partial charge in [-0.1, -0.05) is 12.1 Å². The number of hydrogen-bond acceptors (Lipinski definition) is 4. The van der Waals surface area contributed by atoms with E-state index in [1.807, 2.05) is 35.8 Å². The maximum atomic E-state index is 12.9. The lowest BCUT2D eigenvalue weighted by Crippen LogP contribution is -2.16. The Balaban J connectivity index is 1.59. The Morgan fingerprint density at radius 1 is 1.20 bits per heavy atom. The molecule has 2 N–H and O–H groups in total. The fourth-order valence-corrected chi connectivity index (χ4v) is 3.31. The van der Waals surface area contributed by atoms with Gasteiger partial charge in [-0.05, 0) is 43.7 Å². The minimum Gasteiger partial charge on any atom is -0.382 e. The number of H-pyrrole nitrogens is 1. The van der Waals surface area contributed by atoms with Gasteiger partial charge in [-0.3, -0.25) is 10.1 Å². The van der Waals surface area contributed by atoms with Crippen LogP contribution in [-0.2, 0) is 11.3 Å². The van der Waals surface area contributed by atoms with Crippen LogP contribution in [0.2, 0.25) is 0 Å². The second kappa shape index (κ2) is 8.58. The van der Waals surface area contributed by atoms with Crippen molar-refractivity contribution in [2.45, 2.75) is 26.3 Å². The minimum absolute atomic E-state index is 0.319. The lowest BCUT2D eigenvalue weighted by molar-refractivity contribution is 0.102. The zero-order valence-corrected chi connectivity index (χ0v) is 16.4. The van der Waals surface area contributed by atoms with Crippen molar-refractivity contribution in [3.63, 3.8) is 0 Å².